The molecule has 0 radical (unpaired) electrons. The highest BCUT2D eigenvalue weighted by Gasteiger charge is 2.27. The van der Waals surface area contributed by atoms with Crippen LogP contribution in [-0.4, -0.2) is 23.6 Å². The maximum absolute atomic E-state index is 12.9. The standard InChI is InChI=1S/C20H20FNO2/c21-18-11-8-16(9-12-18)10-13-19-7-4-14-22(19)20(23)24-15-17-5-2-1-3-6-17/h1-3,5-6,8-13,19H,4,7,14-15H2/b13-10+/t19-/m1/s1. The molecule has 0 spiro atoms. The van der Waals surface area contributed by atoms with Gasteiger partial charge in [-0.1, -0.05) is 54.6 Å². The lowest BCUT2D eigenvalue weighted by atomic mass is 10.1. The van der Waals surface area contributed by atoms with Crippen molar-refractivity contribution in [3.8, 4) is 0 Å². The minimum atomic E-state index is -0.287. The van der Waals surface area contributed by atoms with E-state index in [4.69, 9.17) is 4.74 Å². The van der Waals surface area contributed by atoms with Crippen molar-refractivity contribution in [3.63, 3.8) is 0 Å². The van der Waals surface area contributed by atoms with Gasteiger partial charge in [0.2, 0.25) is 0 Å². The van der Waals surface area contributed by atoms with Gasteiger partial charge in [0.15, 0.2) is 0 Å². The zero-order valence-electron chi connectivity index (χ0n) is 13.4. The maximum atomic E-state index is 12.9. The lowest BCUT2D eigenvalue weighted by Gasteiger charge is -2.21. The molecule has 0 unspecified atom stereocenters. The van der Waals surface area contributed by atoms with Gasteiger partial charge in [-0.05, 0) is 36.1 Å². The van der Waals surface area contributed by atoms with E-state index in [1.165, 1.54) is 12.1 Å². The molecule has 0 N–H and O–H groups in total. The Bertz CT molecular complexity index is 697. The molecule has 4 heteroatoms. The van der Waals surface area contributed by atoms with Gasteiger partial charge in [-0.3, -0.25) is 0 Å². The van der Waals surface area contributed by atoms with Crippen molar-refractivity contribution in [2.75, 3.05) is 6.54 Å². The third-order valence-corrected chi connectivity index (χ3v) is 4.12. The molecule has 0 aromatic heterocycles. The molecule has 0 bridgehead atoms. The van der Waals surface area contributed by atoms with Crippen LogP contribution in [0.4, 0.5) is 9.18 Å². The second-order valence-electron chi connectivity index (χ2n) is 5.85. The summed E-state index contributed by atoms with van der Waals surface area (Å²) in [6.45, 7) is 0.983. The molecule has 1 heterocycles. The molecule has 3 nitrogen and oxygen atoms in total. The van der Waals surface area contributed by atoms with Crippen LogP contribution in [0.2, 0.25) is 0 Å². The zero-order chi connectivity index (χ0) is 16.8. The van der Waals surface area contributed by atoms with E-state index in [1.807, 2.05) is 42.5 Å². The van der Waals surface area contributed by atoms with Crippen LogP contribution < -0.4 is 0 Å². The van der Waals surface area contributed by atoms with E-state index >= 15 is 0 Å². The number of nitrogens with zero attached hydrogens (tertiary/aromatic N) is 1. The predicted molar refractivity (Wildman–Crippen MR) is 91.8 cm³/mol. The first-order valence-corrected chi connectivity index (χ1v) is 8.13. The van der Waals surface area contributed by atoms with Gasteiger partial charge in [-0.25, -0.2) is 9.18 Å². The van der Waals surface area contributed by atoms with Gasteiger partial charge in [0.05, 0.1) is 6.04 Å². The second-order valence-corrected chi connectivity index (χ2v) is 5.85. The molecule has 1 aliphatic rings. The third kappa shape index (κ3) is 4.22. The summed E-state index contributed by atoms with van der Waals surface area (Å²) in [5.74, 6) is -0.251. The van der Waals surface area contributed by atoms with Crippen LogP contribution in [0.25, 0.3) is 6.08 Å². The summed E-state index contributed by atoms with van der Waals surface area (Å²) in [5, 5.41) is 0. The van der Waals surface area contributed by atoms with Gasteiger partial charge in [0.25, 0.3) is 0 Å². The number of rotatable bonds is 4. The van der Waals surface area contributed by atoms with Crippen LogP contribution in [0.5, 0.6) is 0 Å². The van der Waals surface area contributed by atoms with Crippen LogP contribution in [0, 0.1) is 5.82 Å². The van der Waals surface area contributed by atoms with Gasteiger partial charge >= 0.3 is 6.09 Å². The maximum Gasteiger partial charge on any atom is 0.410 e. The number of benzene rings is 2. The topological polar surface area (TPSA) is 29.5 Å². The van der Waals surface area contributed by atoms with Crippen molar-refractivity contribution in [1.29, 1.82) is 0 Å². The summed E-state index contributed by atoms with van der Waals surface area (Å²) in [4.78, 5) is 14.1. The van der Waals surface area contributed by atoms with Gasteiger partial charge in [0, 0.05) is 6.54 Å². The largest absolute Gasteiger partial charge is 0.445 e. The number of hydrogen-bond acceptors (Lipinski definition) is 2. The molecule has 0 saturated carbocycles. The fourth-order valence-corrected chi connectivity index (χ4v) is 2.82. The molecule has 124 valence electrons. The smallest absolute Gasteiger partial charge is 0.410 e. The molecule has 2 aromatic carbocycles. The number of carbonyl (C=O) groups is 1. The average molecular weight is 325 g/mol. The summed E-state index contributed by atoms with van der Waals surface area (Å²) in [5.41, 5.74) is 1.89. The van der Waals surface area contributed by atoms with Crippen molar-refractivity contribution >= 4 is 12.2 Å². The normalized spacial score (nSPS) is 17.4. The molecule has 2 aromatic rings. The van der Waals surface area contributed by atoms with Crippen LogP contribution in [0.1, 0.15) is 24.0 Å². The molecule has 1 amide bonds. The molecule has 24 heavy (non-hydrogen) atoms. The minimum absolute atomic E-state index is 0.0262. The van der Waals surface area contributed by atoms with Crippen molar-refractivity contribution in [1.82, 2.24) is 4.90 Å². The van der Waals surface area contributed by atoms with Gasteiger partial charge in [-0.2, -0.15) is 0 Å². The van der Waals surface area contributed by atoms with Crippen molar-refractivity contribution in [3.05, 3.63) is 77.6 Å². The average Bonchev–Trinajstić information content (AvgIpc) is 3.09. The highest BCUT2D eigenvalue weighted by molar-refractivity contribution is 5.69. The zero-order valence-corrected chi connectivity index (χ0v) is 13.4. The summed E-state index contributed by atoms with van der Waals surface area (Å²) in [6, 6.07) is 16.0. The quantitative estimate of drug-likeness (QED) is 0.819. The Morgan fingerprint density at radius 1 is 1.17 bits per heavy atom. The van der Waals surface area contributed by atoms with Crippen molar-refractivity contribution in [2.24, 2.45) is 0 Å². The molecule has 1 aliphatic heterocycles. The number of likely N-dealkylation sites (tertiary alicyclic amines) is 1. The summed E-state index contributed by atoms with van der Waals surface area (Å²) < 4.78 is 18.3. The van der Waals surface area contributed by atoms with E-state index in [1.54, 1.807) is 17.0 Å². The van der Waals surface area contributed by atoms with E-state index in [0.717, 1.165) is 24.0 Å². The summed E-state index contributed by atoms with van der Waals surface area (Å²) in [7, 11) is 0. The Balaban J connectivity index is 1.58. The molecule has 3 rings (SSSR count). The minimum Gasteiger partial charge on any atom is -0.445 e. The lowest BCUT2D eigenvalue weighted by Crippen LogP contribution is -2.34. The molecule has 1 fully saturated rings. The highest BCUT2D eigenvalue weighted by Crippen LogP contribution is 2.21. The number of amides is 1. The monoisotopic (exact) mass is 325 g/mol. The Morgan fingerprint density at radius 3 is 2.67 bits per heavy atom. The van der Waals surface area contributed by atoms with Gasteiger partial charge in [-0.15, -0.1) is 0 Å². The van der Waals surface area contributed by atoms with Crippen LogP contribution in [0.15, 0.2) is 60.7 Å². The number of ether oxygens (including phenoxy) is 1. The fourth-order valence-electron chi connectivity index (χ4n) is 2.82. The van der Waals surface area contributed by atoms with Crippen molar-refractivity contribution < 1.29 is 13.9 Å². The number of halogens is 1. The van der Waals surface area contributed by atoms with Crippen LogP contribution >= 0.6 is 0 Å². The molecular weight excluding hydrogens is 305 g/mol. The first kappa shape index (κ1) is 16.2. The second kappa shape index (κ2) is 7.77. The van der Waals surface area contributed by atoms with E-state index in [9.17, 15) is 9.18 Å². The molecular formula is C20H20FNO2. The number of hydrogen-bond donors (Lipinski definition) is 0. The Labute approximate surface area is 141 Å². The van der Waals surface area contributed by atoms with E-state index in [-0.39, 0.29) is 24.6 Å². The summed E-state index contributed by atoms with van der Waals surface area (Å²) >= 11 is 0. The first-order chi connectivity index (χ1) is 11.7. The van der Waals surface area contributed by atoms with Gasteiger partial charge < -0.3 is 9.64 Å². The molecule has 1 saturated heterocycles. The van der Waals surface area contributed by atoms with Crippen molar-refractivity contribution in [2.45, 2.75) is 25.5 Å². The first-order valence-electron chi connectivity index (χ1n) is 8.13. The molecule has 0 aliphatic carbocycles. The Hall–Kier alpha value is -2.62. The van der Waals surface area contributed by atoms with E-state index in [0.29, 0.717) is 6.54 Å². The Morgan fingerprint density at radius 2 is 1.92 bits per heavy atom. The van der Waals surface area contributed by atoms with E-state index < -0.39 is 0 Å². The molecule has 1 atom stereocenters. The number of carbonyl (C=O) groups excluding carboxylic acids is 1. The fraction of sp³-hybridized carbons (Fsp3) is 0.250. The third-order valence-electron chi connectivity index (χ3n) is 4.12. The van der Waals surface area contributed by atoms with Crippen LogP contribution in [0.3, 0.4) is 0 Å². The van der Waals surface area contributed by atoms with Crippen LogP contribution in [-0.2, 0) is 11.3 Å². The highest BCUT2D eigenvalue weighted by atomic mass is 19.1. The Kier molecular flexibility index (Phi) is 5.26. The predicted octanol–water partition coefficient (Wildman–Crippen LogP) is 4.64. The SMILES string of the molecule is O=C(OCc1ccccc1)N1CCC[C@@H]1/C=C/c1ccc(F)cc1. The summed E-state index contributed by atoms with van der Waals surface area (Å²) in [6.07, 6.45) is 5.50. The van der Waals surface area contributed by atoms with E-state index in [2.05, 4.69) is 0 Å². The lowest BCUT2D eigenvalue weighted by molar-refractivity contribution is 0.0976. The van der Waals surface area contributed by atoms with Gasteiger partial charge in [0.1, 0.15) is 12.4 Å².